The van der Waals surface area contributed by atoms with Crippen LogP contribution in [0.2, 0.25) is 0 Å². The SMILES string of the molecule is COc1ccc(-c2cc(C3=C(c4cc(-c5ccccc5)sc4C)C(F)(F)C(F)(F)C3(F)F)c(C)s2)cc1. The fraction of sp³-hybridized carbons (Fsp3) is 0.214. The Bertz CT molecular complexity index is 1500. The minimum atomic E-state index is -5.60. The molecule has 0 N–H and O–H groups in total. The van der Waals surface area contributed by atoms with Crippen LogP contribution in [0.4, 0.5) is 26.3 Å². The first-order valence-corrected chi connectivity index (χ1v) is 12.8. The summed E-state index contributed by atoms with van der Waals surface area (Å²) < 4.78 is 96.2. The highest BCUT2D eigenvalue weighted by atomic mass is 32.1. The largest absolute Gasteiger partial charge is 0.497 e. The van der Waals surface area contributed by atoms with Gasteiger partial charge in [-0.3, -0.25) is 0 Å². The molecular weight excluding hydrogens is 530 g/mol. The second-order valence-electron chi connectivity index (χ2n) is 8.73. The predicted octanol–water partition coefficient (Wildman–Crippen LogP) is 9.60. The molecule has 0 amide bonds. The molecule has 1 aliphatic rings. The minimum Gasteiger partial charge on any atom is -0.497 e. The molecule has 2 aromatic heterocycles. The first kappa shape index (κ1) is 25.6. The molecule has 0 unspecified atom stereocenters. The van der Waals surface area contributed by atoms with E-state index in [1.54, 1.807) is 54.6 Å². The van der Waals surface area contributed by atoms with Gasteiger partial charge in [-0.05, 0) is 72.5 Å². The van der Waals surface area contributed by atoms with Gasteiger partial charge >= 0.3 is 17.8 Å². The number of aryl methyl sites for hydroxylation is 2. The Morgan fingerprint density at radius 2 is 1.05 bits per heavy atom. The van der Waals surface area contributed by atoms with Gasteiger partial charge < -0.3 is 4.74 Å². The van der Waals surface area contributed by atoms with Crippen LogP contribution in [0.15, 0.2) is 66.7 Å². The van der Waals surface area contributed by atoms with Crippen LogP contribution in [0.25, 0.3) is 32.0 Å². The third-order valence-electron chi connectivity index (χ3n) is 6.47. The van der Waals surface area contributed by atoms with Gasteiger partial charge in [-0.1, -0.05) is 30.3 Å². The average Bonchev–Trinajstić information content (AvgIpc) is 3.47. The number of halogens is 6. The van der Waals surface area contributed by atoms with Gasteiger partial charge in [0.15, 0.2) is 0 Å². The molecule has 5 rings (SSSR count). The monoisotopic (exact) mass is 550 g/mol. The lowest BCUT2D eigenvalue weighted by molar-refractivity contribution is -0.254. The van der Waals surface area contributed by atoms with Gasteiger partial charge in [0, 0.05) is 30.7 Å². The van der Waals surface area contributed by atoms with E-state index in [1.807, 2.05) is 0 Å². The fourth-order valence-corrected chi connectivity index (χ4v) is 6.60. The van der Waals surface area contributed by atoms with Crippen LogP contribution in [-0.4, -0.2) is 24.9 Å². The Kier molecular flexibility index (Phi) is 6.07. The number of methoxy groups -OCH3 is 1. The van der Waals surface area contributed by atoms with Crippen molar-refractivity contribution in [2.45, 2.75) is 31.6 Å². The van der Waals surface area contributed by atoms with Crippen molar-refractivity contribution in [3.05, 3.63) is 87.6 Å². The van der Waals surface area contributed by atoms with E-state index in [0.717, 1.165) is 22.7 Å². The molecule has 1 aliphatic carbocycles. The maximum absolute atomic E-state index is 15.4. The molecule has 37 heavy (non-hydrogen) atoms. The van der Waals surface area contributed by atoms with Crippen molar-refractivity contribution in [2.24, 2.45) is 0 Å². The lowest BCUT2D eigenvalue weighted by Gasteiger charge is -2.25. The molecule has 0 radical (unpaired) electrons. The lowest BCUT2D eigenvalue weighted by atomic mass is 9.94. The van der Waals surface area contributed by atoms with E-state index >= 15 is 17.6 Å². The van der Waals surface area contributed by atoms with Crippen LogP contribution >= 0.6 is 22.7 Å². The van der Waals surface area contributed by atoms with Crippen molar-refractivity contribution in [2.75, 3.05) is 7.11 Å². The molecule has 0 bridgehead atoms. The Hall–Kier alpha value is -3.04. The van der Waals surface area contributed by atoms with Crippen molar-refractivity contribution in [3.8, 4) is 26.6 Å². The van der Waals surface area contributed by atoms with E-state index in [2.05, 4.69) is 0 Å². The van der Waals surface area contributed by atoms with Crippen molar-refractivity contribution in [3.63, 3.8) is 0 Å². The Labute approximate surface area is 217 Å². The highest BCUT2D eigenvalue weighted by molar-refractivity contribution is 7.16. The van der Waals surface area contributed by atoms with Crippen LogP contribution in [0, 0.1) is 13.8 Å². The number of allylic oxidation sites excluding steroid dienone is 2. The minimum absolute atomic E-state index is 0.239. The summed E-state index contributed by atoms with van der Waals surface area (Å²) in [6.45, 7) is 2.95. The van der Waals surface area contributed by atoms with Crippen LogP contribution in [0.1, 0.15) is 20.9 Å². The van der Waals surface area contributed by atoms with Crippen molar-refractivity contribution < 1.29 is 31.1 Å². The molecule has 0 saturated carbocycles. The summed E-state index contributed by atoms with van der Waals surface area (Å²) in [5, 5.41) is 0. The van der Waals surface area contributed by atoms with E-state index in [0.29, 0.717) is 26.6 Å². The predicted molar refractivity (Wildman–Crippen MR) is 137 cm³/mol. The summed E-state index contributed by atoms with van der Waals surface area (Å²) in [7, 11) is 1.49. The van der Waals surface area contributed by atoms with Gasteiger partial charge in [-0.2, -0.15) is 26.3 Å². The number of hydrogen-bond donors (Lipinski definition) is 0. The van der Waals surface area contributed by atoms with Gasteiger partial charge in [-0.25, -0.2) is 0 Å². The second kappa shape index (κ2) is 8.77. The number of ether oxygens (including phenoxy) is 1. The Morgan fingerprint density at radius 3 is 1.49 bits per heavy atom. The van der Waals surface area contributed by atoms with Crippen LogP contribution in [0.5, 0.6) is 5.75 Å². The first-order chi connectivity index (χ1) is 17.4. The van der Waals surface area contributed by atoms with E-state index in [4.69, 9.17) is 4.74 Å². The number of thiophene rings is 2. The van der Waals surface area contributed by atoms with Crippen LogP contribution < -0.4 is 4.74 Å². The van der Waals surface area contributed by atoms with Crippen LogP contribution in [0.3, 0.4) is 0 Å². The van der Waals surface area contributed by atoms with Crippen molar-refractivity contribution in [1.82, 2.24) is 0 Å². The normalized spacial score (nSPS) is 17.9. The van der Waals surface area contributed by atoms with E-state index in [9.17, 15) is 8.78 Å². The molecule has 0 atom stereocenters. The molecule has 9 heteroatoms. The number of alkyl halides is 6. The van der Waals surface area contributed by atoms with Crippen molar-refractivity contribution in [1.29, 1.82) is 0 Å². The zero-order valence-corrected chi connectivity index (χ0v) is 21.5. The average molecular weight is 551 g/mol. The standard InChI is InChI=1S/C28H20F6OS2/c1-15-20(13-22(36-15)17-7-5-4-6-8-17)24-25(27(31,32)28(33,34)26(24,29)30)21-14-23(37-16(21)2)18-9-11-19(35-3)12-10-18/h4-14H,1-3H3. The molecule has 0 spiro atoms. The number of rotatable bonds is 5. The second-order valence-corrected chi connectivity index (χ2v) is 11.2. The van der Waals surface area contributed by atoms with Gasteiger partial charge in [0.1, 0.15) is 5.75 Å². The lowest BCUT2D eigenvalue weighted by Crippen LogP contribution is -2.48. The summed E-state index contributed by atoms with van der Waals surface area (Å²) in [6, 6.07) is 18.1. The summed E-state index contributed by atoms with van der Waals surface area (Å²) in [6.07, 6.45) is 0. The topological polar surface area (TPSA) is 9.23 Å². The molecular formula is C28H20F6OS2. The molecule has 1 nitrogen and oxygen atoms in total. The van der Waals surface area contributed by atoms with Gasteiger partial charge in [-0.15, -0.1) is 22.7 Å². The highest BCUT2D eigenvalue weighted by Crippen LogP contribution is 2.66. The number of hydrogen-bond acceptors (Lipinski definition) is 3. The quantitative estimate of drug-likeness (QED) is 0.225. The Balaban J connectivity index is 1.75. The van der Waals surface area contributed by atoms with Gasteiger partial charge in [0.2, 0.25) is 0 Å². The van der Waals surface area contributed by atoms with Crippen molar-refractivity contribution >= 4 is 33.8 Å². The van der Waals surface area contributed by atoms with E-state index < -0.39 is 28.9 Å². The summed E-state index contributed by atoms with van der Waals surface area (Å²) in [5.74, 6) is -15.2. The molecule has 0 aliphatic heterocycles. The van der Waals surface area contributed by atoms with E-state index in [1.165, 1.54) is 33.1 Å². The molecule has 0 fully saturated rings. The highest BCUT2D eigenvalue weighted by Gasteiger charge is 2.80. The molecule has 2 aromatic carbocycles. The molecule has 0 saturated heterocycles. The summed E-state index contributed by atoms with van der Waals surface area (Å²) >= 11 is 2.17. The van der Waals surface area contributed by atoms with Gasteiger partial charge in [0.05, 0.1) is 7.11 Å². The third-order valence-corrected chi connectivity index (χ3v) is 8.67. The maximum atomic E-state index is 15.4. The summed E-state index contributed by atoms with van der Waals surface area (Å²) in [5.41, 5.74) is -1.94. The zero-order valence-electron chi connectivity index (χ0n) is 19.8. The van der Waals surface area contributed by atoms with E-state index in [-0.39, 0.29) is 20.9 Å². The smallest absolute Gasteiger partial charge is 0.380 e. The first-order valence-electron chi connectivity index (χ1n) is 11.2. The summed E-state index contributed by atoms with van der Waals surface area (Å²) in [4.78, 5) is 1.50. The molecule has 2 heterocycles. The molecule has 4 aromatic rings. The maximum Gasteiger partial charge on any atom is 0.380 e. The number of benzene rings is 2. The fourth-order valence-electron chi connectivity index (χ4n) is 4.54. The Morgan fingerprint density at radius 1 is 0.622 bits per heavy atom. The molecule has 192 valence electrons. The third kappa shape index (κ3) is 3.82. The van der Waals surface area contributed by atoms with Gasteiger partial charge in [0.25, 0.3) is 0 Å². The zero-order chi connectivity index (χ0) is 26.8. The van der Waals surface area contributed by atoms with Crippen LogP contribution in [-0.2, 0) is 0 Å².